The van der Waals surface area contributed by atoms with Gasteiger partial charge >= 0.3 is 0 Å². The lowest BCUT2D eigenvalue weighted by molar-refractivity contribution is 0.378. The zero-order valence-corrected chi connectivity index (χ0v) is 9.77. The van der Waals surface area contributed by atoms with Crippen LogP contribution in [0.5, 0.6) is 0 Å². The summed E-state index contributed by atoms with van der Waals surface area (Å²) in [5.41, 5.74) is 7.81. The summed E-state index contributed by atoms with van der Waals surface area (Å²) in [4.78, 5) is 0. The minimum atomic E-state index is -0.176. The quantitative estimate of drug-likeness (QED) is 0.728. The number of hydrogen-bond acceptors (Lipinski definition) is 3. The number of anilines is 1. The van der Waals surface area contributed by atoms with Gasteiger partial charge in [-0.15, -0.1) is 0 Å². The van der Waals surface area contributed by atoms with E-state index in [0.29, 0.717) is 17.6 Å². The van der Waals surface area contributed by atoms with E-state index >= 15 is 0 Å². The molecule has 3 N–H and O–H groups in total. The van der Waals surface area contributed by atoms with Gasteiger partial charge in [-0.3, -0.25) is 0 Å². The first-order chi connectivity index (χ1) is 7.77. The molecule has 3 rings (SSSR count). The Morgan fingerprint density at radius 1 is 1.44 bits per heavy atom. The maximum atomic E-state index is 13.7. The van der Waals surface area contributed by atoms with E-state index < -0.39 is 0 Å². The maximum Gasteiger partial charge on any atom is 0.146 e. The SMILES string of the molecule is NC1c2cccc(F)c2NC2CCSCC21. The number of nitrogens with one attached hydrogen (secondary N) is 1. The van der Waals surface area contributed by atoms with Gasteiger partial charge < -0.3 is 11.1 Å². The van der Waals surface area contributed by atoms with Crippen LogP contribution in [0, 0.1) is 11.7 Å². The minimum Gasteiger partial charge on any atom is -0.379 e. The van der Waals surface area contributed by atoms with Crippen LogP contribution in [0.25, 0.3) is 0 Å². The Morgan fingerprint density at radius 3 is 3.19 bits per heavy atom. The van der Waals surface area contributed by atoms with Gasteiger partial charge in [0.2, 0.25) is 0 Å². The Labute approximate surface area is 98.8 Å². The molecule has 3 atom stereocenters. The third-order valence-electron chi connectivity index (χ3n) is 3.60. The van der Waals surface area contributed by atoms with E-state index in [1.807, 2.05) is 17.8 Å². The first-order valence-corrected chi connectivity index (χ1v) is 6.81. The van der Waals surface area contributed by atoms with Crippen molar-refractivity contribution < 1.29 is 4.39 Å². The molecule has 2 aliphatic heterocycles. The summed E-state index contributed by atoms with van der Waals surface area (Å²) in [5.74, 6) is 2.48. The van der Waals surface area contributed by atoms with Crippen molar-refractivity contribution >= 4 is 17.4 Å². The maximum absolute atomic E-state index is 13.7. The lowest BCUT2D eigenvalue weighted by Gasteiger charge is -2.41. The van der Waals surface area contributed by atoms with Crippen molar-refractivity contribution in [3.05, 3.63) is 29.6 Å². The molecule has 0 aromatic heterocycles. The molecule has 16 heavy (non-hydrogen) atoms. The number of nitrogens with two attached hydrogens (primary N) is 1. The fourth-order valence-corrected chi connectivity index (χ4v) is 3.98. The van der Waals surface area contributed by atoms with Crippen LogP contribution in [-0.4, -0.2) is 17.5 Å². The van der Waals surface area contributed by atoms with Crippen LogP contribution in [0.15, 0.2) is 18.2 Å². The highest BCUT2D eigenvalue weighted by Gasteiger charge is 2.37. The monoisotopic (exact) mass is 238 g/mol. The fraction of sp³-hybridized carbons (Fsp3) is 0.500. The molecule has 0 amide bonds. The molecule has 1 aromatic carbocycles. The van der Waals surface area contributed by atoms with Crippen molar-refractivity contribution in [2.45, 2.75) is 18.5 Å². The number of halogens is 1. The van der Waals surface area contributed by atoms with Gasteiger partial charge in [-0.2, -0.15) is 11.8 Å². The molecule has 3 unspecified atom stereocenters. The predicted octanol–water partition coefficient (Wildman–Crippen LogP) is 2.37. The second-order valence-corrected chi connectivity index (χ2v) is 5.66. The number of para-hydroxylation sites is 1. The number of hydrogen-bond donors (Lipinski definition) is 2. The normalized spacial score (nSPS) is 32.5. The van der Waals surface area contributed by atoms with Crippen LogP contribution in [-0.2, 0) is 0 Å². The molecule has 86 valence electrons. The van der Waals surface area contributed by atoms with Gasteiger partial charge in [0, 0.05) is 18.0 Å². The molecule has 2 heterocycles. The third-order valence-corrected chi connectivity index (χ3v) is 4.74. The van der Waals surface area contributed by atoms with Gasteiger partial charge in [0.25, 0.3) is 0 Å². The summed E-state index contributed by atoms with van der Waals surface area (Å²) in [6.07, 6.45) is 1.08. The average Bonchev–Trinajstić information content (AvgIpc) is 2.31. The summed E-state index contributed by atoms with van der Waals surface area (Å²) in [7, 11) is 0. The smallest absolute Gasteiger partial charge is 0.146 e. The molecule has 0 radical (unpaired) electrons. The topological polar surface area (TPSA) is 38.0 Å². The molecule has 1 aromatic rings. The molecule has 0 bridgehead atoms. The summed E-state index contributed by atoms with van der Waals surface area (Å²) in [6, 6.07) is 5.50. The molecular formula is C12H15FN2S. The number of rotatable bonds is 0. The predicted molar refractivity (Wildman–Crippen MR) is 66.2 cm³/mol. The van der Waals surface area contributed by atoms with Crippen LogP contribution < -0.4 is 11.1 Å². The Hall–Kier alpha value is -0.740. The Kier molecular flexibility index (Phi) is 2.56. The first kappa shape index (κ1) is 10.4. The molecule has 2 nitrogen and oxygen atoms in total. The molecule has 0 saturated carbocycles. The van der Waals surface area contributed by atoms with Crippen LogP contribution in [0.2, 0.25) is 0 Å². The Balaban J connectivity index is 2.03. The first-order valence-electron chi connectivity index (χ1n) is 5.65. The van der Waals surface area contributed by atoms with Crippen LogP contribution in [0.1, 0.15) is 18.0 Å². The Bertz CT molecular complexity index is 410. The summed E-state index contributed by atoms with van der Waals surface area (Å²) >= 11 is 1.95. The summed E-state index contributed by atoms with van der Waals surface area (Å²) in [5, 5.41) is 3.33. The second-order valence-electron chi connectivity index (χ2n) is 4.51. The van der Waals surface area contributed by atoms with Gasteiger partial charge in [0.05, 0.1) is 5.69 Å². The molecule has 1 fully saturated rings. The van der Waals surface area contributed by atoms with Crippen molar-refractivity contribution in [2.24, 2.45) is 11.7 Å². The highest BCUT2D eigenvalue weighted by molar-refractivity contribution is 7.99. The average molecular weight is 238 g/mol. The van der Waals surface area contributed by atoms with Crippen molar-refractivity contribution in [3.63, 3.8) is 0 Å². The van der Waals surface area contributed by atoms with Crippen molar-refractivity contribution in [2.75, 3.05) is 16.8 Å². The molecule has 0 aliphatic carbocycles. The zero-order valence-electron chi connectivity index (χ0n) is 8.95. The van der Waals surface area contributed by atoms with E-state index in [-0.39, 0.29) is 11.9 Å². The molecule has 4 heteroatoms. The molecular weight excluding hydrogens is 223 g/mol. The standard InChI is InChI=1S/C12H15FN2S/c13-9-3-1-2-7-11(14)8-6-16-5-4-10(8)15-12(7)9/h1-3,8,10-11,15H,4-6,14H2. The van der Waals surface area contributed by atoms with Crippen molar-refractivity contribution in [3.8, 4) is 0 Å². The van der Waals surface area contributed by atoms with E-state index in [2.05, 4.69) is 5.32 Å². The van der Waals surface area contributed by atoms with Gasteiger partial charge in [0.15, 0.2) is 0 Å². The van der Waals surface area contributed by atoms with Crippen LogP contribution in [0.3, 0.4) is 0 Å². The minimum absolute atomic E-state index is 0.0234. The Morgan fingerprint density at radius 2 is 2.31 bits per heavy atom. The highest BCUT2D eigenvalue weighted by atomic mass is 32.2. The van der Waals surface area contributed by atoms with E-state index in [4.69, 9.17) is 5.73 Å². The number of thioether (sulfide) groups is 1. The lowest BCUT2D eigenvalue weighted by Crippen LogP contribution is -2.45. The second kappa shape index (κ2) is 3.93. The highest BCUT2D eigenvalue weighted by Crippen LogP contribution is 2.41. The van der Waals surface area contributed by atoms with Gasteiger partial charge in [-0.25, -0.2) is 4.39 Å². The van der Waals surface area contributed by atoms with Crippen LogP contribution >= 0.6 is 11.8 Å². The van der Waals surface area contributed by atoms with E-state index in [0.717, 1.165) is 23.5 Å². The third kappa shape index (κ3) is 1.52. The van der Waals surface area contributed by atoms with E-state index in [1.54, 1.807) is 6.07 Å². The lowest BCUT2D eigenvalue weighted by atomic mass is 9.83. The molecule has 1 saturated heterocycles. The fourth-order valence-electron chi connectivity index (χ4n) is 2.68. The van der Waals surface area contributed by atoms with E-state index in [9.17, 15) is 4.39 Å². The van der Waals surface area contributed by atoms with Gasteiger partial charge in [-0.05, 0) is 29.6 Å². The van der Waals surface area contributed by atoms with Crippen molar-refractivity contribution in [1.82, 2.24) is 0 Å². The van der Waals surface area contributed by atoms with E-state index in [1.165, 1.54) is 6.07 Å². The van der Waals surface area contributed by atoms with Crippen LogP contribution in [0.4, 0.5) is 10.1 Å². The molecule has 0 spiro atoms. The zero-order chi connectivity index (χ0) is 11.1. The molecule has 2 aliphatic rings. The summed E-state index contributed by atoms with van der Waals surface area (Å²) < 4.78 is 13.7. The number of fused-ring (bicyclic) bond motifs is 2. The van der Waals surface area contributed by atoms with Crippen molar-refractivity contribution in [1.29, 1.82) is 0 Å². The largest absolute Gasteiger partial charge is 0.379 e. The van der Waals surface area contributed by atoms with Gasteiger partial charge in [0.1, 0.15) is 5.82 Å². The number of benzene rings is 1. The summed E-state index contributed by atoms with van der Waals surface area (Å²) in [6.45, 7) is 0. The van der Waals surface area contributed by atoms with Gasteiger partial charge in [-0.1, -0.05) is 12.1 Å².